The molecule has 6 heteroatoms. The predicted molar refractivity (Wildman–Crippen MR) is 103 cm³/mol. The summed E-state index contributed by atoms with van der Waals surface area (Å²) >= 11 is 0. The summed E-state index contributed by atoms with van der Waals surface area (Å²) in [6.45, 7) is 5.81. The Kier molecular flexibility index (Phi) is 5.53. The Morgan fingerprint density at radius 3 is 2.59 bits per heavy atom. The van der Waals surface area contributed by atoms with Gasteiger partial charge >= 0.3 is 6.03 Å². The molecule has 1 aliphatic heterocycles. The second kappa shape index (κ2) is 7.71. The molecule has 1 aliphatic carbocycles. The molecule has 0 aromatic heterocycles. The van der Waals surface area contributed by atoms with Gasteiger partial charge in [0.2, 0.25) is 5.91 Å². The standard InChI is InChI=1S/C21H29N3O3/c1-4-16-9-11-21(12-10-16)19(26)24(20(27)23-21)13-18(25)22-15(3)17-8-6-5-7-14(17)2/h5-8,15-16H,4,9-13H2,1-3H3,(H,22,25)(H,23,27). The zero-order chi connectivity index (χ0) is 19.6. The van der Waals surface area contributed by atoms with Crippen LogP contribution in [0, 0.1) is 12.8 Å². The third kappa shape index (κ3) is 3.84. The van der Waals surface area contributed by atoms with Gasteiger partial charge in [0.25, 0.3) is 5.91 Å². The number of rotatable bonds is 5. The number of amides is 4. The molecule has 1 heterocycles. The molecule has 2 aliphatic rings. The number of nitrogens with one attached hydrogen (secondary N) is 2. The van der Waals surface area contributed by atoms with Crippen LogP contribution in [0.5, 0.6) is 0 Å². The number of hydrogen-bond acceptors (Lipinski definition) is 3. The summed E-state index contributed by atoms with van der Waals surface area (Å²) < 4.78 is 0. The number of urea groups is 1. The lowest BCUT2D eigenvalue weighted by molar-refractivity contribution is -0.136. The first-order chi connectivity index (χ1) is 12.9. The van der Waals surface area contributed by atoms with E-state index in [-0.39, 0.29) is 24.4 Å². The average molecular weight is 371 g/mol. The SMILES string of the molecule is CCC1CCC2(CC1)NC(=O)N(CC(=O)NC(C)c1ccccc1C)C2=O. The Morgan fingerprint density at radius 2 is 1.96 bits per heavy atom. The van der Waals surface area contributed by atoms with Gasteiger partial charge in [0.05, 0.1) is 6.04 Å². The van der Waals surface area contributed by atoms with E-state index >= 15 is 0 Å². The zero-order valence-electron chi connectivity index (χ0n) is 16.4. The van der Waals surface area contributed by atoms with Gasteiger partial charge in [-0.3, -0.25) is 14.5 Å². The van der Waals surface area contributed by atoms with E-state index in [0.29, 0.717) is 18.8 Å². The van der Waals surface area contributed by atoms with Crippen LogP contribution < -0.4 is 10.6 Å². The highest BCUT2D eigenvalue weighted by atomic mass is 16.2. The van der Waals surface area contributed by atoms with Crippen molar-refractivity contribution in [1.82, 2.24) is 15.5 Å². The summed E-state index contributed by atoms with van der Waals surface area (Å²) in [6.07, 6.45) is 4.29. The molecule has 2 fully saturated rings. The molecule has 1 spiro atoms. The lowest BCUT2D eigenvalue weighted by atomic mass is 9.75. The number of hydrogen-bond donors (Lipinski definition) is 2. The number of aryl methyl sites for hydroxylation is 1. The monoisotopic (exact) mass is 371 g/mol. The average Bonchev–Trinajstić information content (AvgIpc) is 2.87. The number of nitrogens with zero attached hydrogens (tertiary/aromatic N) is 1. The van der Waals surface area contributed by atoms with Crippen molar-refractivity contribution >= 4 is 17.8 Å². The fraction of sp³-hybridized carbons (Fsp3) is 0.571. The van der Waals surface area contributed by atoms with Gasteiger partial charge in [-0.2, -0.15) is 0 Å². The molecule has 1 saturated carbocycles. The molecule has 1 unspecified atom stereocenters. The molecule has 27 heavy (non-hydrogen) atoms. The lowest BCUT2D eigenvalue weighted by Crippen LogP contribution is -2.50. The quantitative estimate of drug-likeness (QED) is 0.781. The van der Waals surface area contributed by atoms with Crippen molar-refractivity contribution in [1.29, 1.82) is 0 Å². The number of carbonyl (C=O) groups excluding carboxylic acids is 3. The first kappa shape index (κ1) is 19.4. The lowest BCUT2D eigenvalue weighted by Gasteiger charge is -2.34. The molecule has 146 valence electrons. The van der Waals surface area contributed by atoms with Gasteiger partial charge in [0.1, 0.15) is 12.1 Å². The maximum atomic E-state index is 12.9. The Morgan fingerprint density at radius 1 is 1.30 bits per heavy atom. The van der Waals surface area contributed by atoms with Gasteiger partial charge in [-0.1, -0.05) is 37.6 Å². The van der Waals surface area contributed by atoms with Crippen LogP contribution in [0.3, 0.4) is 0 Å². The van der Waals surface area contributed by atoms with Crippen LogP contribution >= 0.6 is 0 Å². The van der Waals surface area contributed by atoms with Crippen LogP contribution in [0.1, 0.15) is 63.1 Å². The largest absolute Gasteiger partial charge is 0.348 e. The van der Waals surface area contributed by atoms with Gasteiger partial charge in [0, 0.05) is 0 Å². The Balaban J connectivity index is 1.62. The third-order valence-corrected chi connectivity index (χ3v) is 6.12. The van der Waals surface area contributed by atoms with Crippen molar-refractivity contribution in [3.63, 3.8) is 0 Å². The van der Waals surface area contributed by atoms with Crippen molar-refractivity contribution in [3.05, 3.63) is 35.4 Å². The van der Waals surface area contributed by atoms with Crippen LogP contribution in [-0.2, 0) is 9.59 Å². The molecule has 6 nitrogen and oxygen atoms in total. The van der Waals surface area contributed by atoms with E-state index in [1.807, 2.05) is 38.1 Å². The highest BCUT2D eigenvalue weighted by Gasteiger charge is 2.52. The van der Waals surface area contributed by atoms with Crippen LogP contribution in [-0.4, -0.2) is 34.8 Å². The highest BCUT2D eigenvalue weighted by molar-refractivity contribution is 6.09. The smallest absolute Gasteiger partial charge is 0.325 e. The summed E-state index contributed by atoms with van der Waals surface area (Å²) in [4.78, 5) is 38.8. The Bertz CT molecular complexity index is 738. The van der Waals surface area contributed by atoms with Crippen molar-refractivity contribution in [2.75, 3.05) is 6.54 Å². The Hall–Kier alpha value is -2.37. The summed E-state index contributed by atoms with van der Waals surface area (Å²) in [5, 5.41) is 5.77. The number of benzene rings is 1. The zero-order valence-corrected chi connectivity index (χ0v) is 16.4. The summed E-state index contributed by atoms with van der Waals surface area (Å²) in [5.41, 5.74) is 1.31. The fourth-order valence-electron chi connectivity index (χ4n) is 4.32. The number of imide groups is 1. The van der Waals surface area contributed by atoms with E-state index in [2.05, 4.69) is 17.6 Å². The summed E-state index contributed by atoms with van der Waals surface area (Å²) in [6, 6.07) is 7.20. The van der Waals surface area contributed by atoms with Crippen LogP contribution in [0.4, 0.5) is 4.79 Å². The topological polar surface area (TPSA) is 78.5 Å². The summed E-state index contributed by atoms with van der Waals surface area (Å²) in [7, 11) is 0. The fourth-order valence-corrected chi connectivity index (χ4v) is 4.32. The van der Waals surface area contributed by atoms with E-state index in [4.69, 9.17) is 0 Å². The van der Waals surface area contributed by atoms with Crippen LogP contribution in [0.2, 0.25) is 0 Å². The molecular formula is C21H29N3O3. The minimum absolute atomic E-state index is 0.187. The second-order valence-electron chi connectivity index (χ2n) is 7.90. The van der Waals surface area contributed by atoms with Crippen molar-refractivity contribution in [3.8, 4) is 0 Å². The minimum atomic E-state index is -0.801. The second-order valence-corrected chi connectivity index (χ2v) is 7.90. The first-order valence-electron chi connectivity index (χ1n) is 9.85. The Labute approximate surface area is 160 Å². The molecule has 2 N–H and O–H groups in total. The van der Waals surface area contributed by atoms with Crippen molar-refractivity contribution in [2.45, 2.75) is 64.5 Å². The molecule has 1 aromatic rings. The normalized spacial score (nSPS) is 26.2. The molecule has 1 atom stereocenters. The molecule has 1 saturated heterocycles. The van der Waals surface area contributed by atoms with Gasteiger partial charge < -0.3 is 10.6 Å². The first-order valence-corrected chi connectivity index (χ1v) is 9.85. The van der Waals surface area contributed by atoms with E-state index < -0.39 is 11.6 Å². The van der Waals surface area contributed by atoms with Gasteiger partial charge in [-0.25, -0.2) is 4.79 Å². The molecular weight excluding hydrogens is 342 g/mol. The van der Waals surface area contributed by atoms with Gasteiger partial charge in [-0.05, 0) is 56.6 Å². The van der Waals surface area contributed by atoms with E-state index in [1.165, 1.54) is 0 Å². The highest BCUT2D eigenvalue weighted by Crippen LogP contribution is 2.37. The molecule has 0 bridgehead atoms. The van der Waals surface area contributed by atoms with Crippen LogP contribution in [0.25, 0.3) is 0 Å². The molecule has 4 amide bonds. The van der Waals surface area contributed by atoms with Crippen molar-refractivity contribution < 1.29 is 14.4 Å². The molecule has 0 radical (unpaired) electrons. The predicted octanol–water partition coefficient (Wildman–Crippen LogP) is 3.06. The van der Waals surface area contributed by atoms with E-state index in [9.17, 15) is 14.4 Å². The van der Waals surface area contributed by atoms with E-state index in [0.717, 1.165) is 35.3 Å². The molecule has 3 rings (SSSR count). The van der Waals surface area contributed by atoms with Crippen molar-refractivity contribution in [2.24, 2.45) is 5.92 Å². The third-order valence-electron chi connectivity index (χ3n) is 6.12. The molecule has 1 aromatic carbocycles. The van der Waals surface area contributed by atoms with Crippen LogP contribution in [0.15, 0.2) is 24.3 Å². The van der Waals surface area contributed by atoms with Gasteiger partial charge in [0.15, 0.2) is 0 Å². The maximum Gasteiger partial charge on any atom is 0.325 e. The van der Waals surface area contributed by atoms with E-state index in [1.54, 1.807) is 0 Å². The summed E-state index contributed by atoms with van der Waals surface area (Å²) in [5.74, 6) is 0.0435. The minimum Gasteiger partial charge on any atom is -0.348 e. The number of carbonyl (C=O) groups is 3. The van der Waals surface area contributed by atoms with Gasteiger partial charge in [-0.15, -0.1) is 0 Å². The maximum absolute atomic E-state index is 12.9.